The Hall–Kier alpha value is -0.610. The Balaban J connectivity index is 0. The highest BCUT2D eigenvalue weighted by molar-refractivity contribution is 5.69. The van der Waals surface area contributed by atoms with E-state index in [9.17, 15) is 4.79 Å². The van der Waals surface area contributed by atoms with Crippen LogP contribution in [-0.4, -0.2) is 22.3 Å². The van der Waals surface area contributed by atoms with Crippen molar-refractivity contribution in [2.75, 3.05) is 0 Å². The summed E-state index contributed by atoms with van der Waals surface area (Å²) in [5.74, 6) is -0.839. The Morgan fingerprint density at radius 3 is 1.63 bits per heavy atom. The fraction of sp³-hybridized carbons (Fsp3) is 0.933. The summed E-state index contributed by atoms with van der Waals surface area (Å²) in [6.07, 6.45) is 2.91. The maximum atomic E-state index is 10.2. The van der Waals surface area contributed by atoms with Crippen LogP contribution in [0.2, 0.25) is 0 Å². The van der Waals surface area contributed by atoms with Gasteiger partial charge >= 0.3 is 5.97 Å². The highest BCUT2D eigenvalue weighted by Gasteiger charge is 2.18. The second-order valence-electron chi connectivity index (χ2n) is 6.77. The average molecular weight is 276 g/mol. The van der Waals surface area contributed by atoms with Crippen molar-refractivity contribution in [1.82, 2.24) is 0 Å². The lowest BCUT2D eigenvalue weighted by Gasteiger charge is -2.24. The minimum absolute atomic E-state index is 0.162. The summed E-state index contributed by atoms with van der Waals surface area (Å²) < 4.78 is 0. The first-order valence-corrected chi connectivity index (χ1v) is 6.98. The molecule has 0 spiro atoms. The molecule has 1 atom stereocenters. The number of hydrogen-bond donors (Lipinski definition) is 1. The molecule has 0 aliphatic heterocycles. The third-order valence-corrected chi connectivity index (χ3v) is 1.95. The molecule has 0 heterocycles. The van der Waals surface area contributed by atoms with Gasteiger partial charge in [-0.15, -0.1) is 0 Å². The molecule has 116 valence electrons. The van der Waals surface area contributed by atoms with Crippen LogP contribution in [0.15, 0.2) is 0 Å². The Labute approximate surface area is 118 Å². The van der Waals surface area contributed by atoms with Gasteiger partial charge in [0.15, 0.2) is 0 Å². The van der Waals surface area contributed by atoms with E-state index in [4.69, 9.17) is 14.9 Å². The van der Waals surface area contributed by atoms with Crippen LogP contribution in [0.3, 0.4) is 0 Å². The van der Waals surface area contributed by atoms with Crippen LogP contribution in [-0.2, 0) is 14.6 Å². The van der Waals surface area contributed by atoms with Crippen molar-refractivity contribution in [3.8, 4) is 0 Å². The molecule has 0 saturated heterocycles. The molecule has 0 saturated carbocycles. The van der Waals surface area contributed by atoms with Gasteiger partial charge in [0.25, 0.3) is 0 Å². The molecule has 0 aliphatic carbocycles. The fourth-order valence-electron chi connectivity index (χ4n) is 0.884. The van der Waals surface area contributed by atoms with E-state index < -0.39 is 5.97 Å². The van der Waals surface area contributed by atoms with Crippen molar-refractivity contribution in [2.45, 2.75) is 85.9 Å². The lowest BCUT2D eigenvalue weighted by atomic mass is 10.1. The molecule has 0 amide bonds. The van der Waals surface area contributed by atoms with Crippen molar-refractivity contribution in [1.29, 1.82) is 0 Å². The van der Waals surface area contributed by atoms with Crippen LogP contribution in [0.4, 0.5) is 0 Å². The first kappa shape index (κ1) is 20.7. The zero-order valence-corrected chi connectivity index (χ0v) is 13.9. The number of carbonyl (C=O) groups is 1. The Kier molecular flexibility index (Phi) is 10.2. The Morgan fingerprint density at radius 2 is 1.42 bits per heavy atom. The molecule has 0 radical (unpaired) electrons. The number of unbranched alkanes of at least 4 members (excludes halogenated alkanes) is 1. The number of rotatable bonds is 5. The van der Waals surface area contributed by atoms with E-state index in [0.717, 1.165) is 19.3 Å². The minimum Gasteiger partial charge on any atom is -0.481 e. The molecule has 4 nitrogen and oxygen atoms in total. The van der Waals surface area contributed by atoms with E-state index in [1.807, 2.05) is 41.5 Å². The highest BCUT2D eigenvalue weighted by Crippen LogP contribution is 2.14. The largest absolute Gasteiger partial charge is 0.481 e. The molecular formula is C15H32O4. The number of carboxylic acid groups (broad SMARTS) is 1. The minimum atomic E-state index is -0.677. The van der Waals surface area contributed by atoms with Gasteiger partial charge in [0.1, 0.15) is 0 Å². The monoisotopic (exact) mass is 276 g/mol. The van der Waals surface area contributed by atoms with Gasteiger partial charge in [-0.2, -0.15) is 0 Å². The molecular weight excluding hydrogens is 244 g/mol. The van der Waals surface area contributed by atoms with Gasteiger partial charge in [0.2, 0.25) is 0 Å². The van der Waals surface area contributed by atoms with Gasteiger partial charge in [0, 0.05) is 0 Å². The van der Waals surface area contributed by atoms with Crippen LogP contribution < -0.4 is 0 Å². The predicted octanol–water partition coefficient (Wildman–Crippen LogP) is 4.43. The Bertz CT molecular complexity index is 222. The third-order valence-electron chi connectivity index (χ3n) is 1.95. The normalized spacial score (nSPS) is 13.5. The van der Waals surface area contributed by atoms with E-state index in [2.05, 4.69) is 6.92 Å². The Morgan fingerprint density at radius 1 is 1.05 bits per heavy atom. The SMILES string of the molecule is CC(C)(C)OOC(C)(C)C.CCCCC(C)C(=O)O. The van der Waals surface area contributed by atoms with Crippen LogP contribution >= 0.6 is 0 Å². The van der Waals surface area contributed by atoms with E-state index in [-0.39, 0.29) is 17.1 Å². The summed E-state index contributed by atoms with van der Waals surface area (Å²) in [6.45, 7) is 15.6. The lowest BCUT2D eigenvalue weighted by Crippen LogP contribution is -2.27. The molecule has 0 aromatic heterocycles. The predicted molar refractivity (Wildman–Crippen MR) is 78.0 cm³/mol. The number of carboxylic acids is 1. The van der Waals surface area contributed by atoms with Crippen molar-refractivity contribution in [2.24, 2.45) is 5.92 Å². The molecule has 1 unspecified atom stereocenters. The maximum Gasteiger partial charge on any atom is 0.306 e. The van der Waals surface area contributed by atoms with Gasteiger partial charge < -0.3 is 5.11 Å². The van der Waals surface area contributed by atoms with Gasteiger partial charge in [-0.3, -0.25) is 4.79 Å². The number of hydrogen-bond acceptors (Lipinski definition) is 3. The molecule has 1 N–H and O–H groups in total. The maximum absolute atomic E-state index is 10.2. The molecule has 0 aliphatic rings. The van der Waals surface area contributed by atoms with Gasteiger partial charge in [-0.25, -0.2) is 9.78 Å². The van der Waals surface area contributed by atoms with Crippen LogP contribution in [0, 0.1) is 5.92 Å². The van der Waals surface area contributed by atoms with Gasteiger partial charge in [-0.05, 0) is 48.0 Å². The summed E-state index contributed by atoms with van der Waals surface area (Å²) in [5.41, 5.74) is -0.430. The first-order valence-electron chi connectivity index (χ1n) is 6.98. The zero-order chi connectivity index (χ0) is 15.7. The van der Waals surface area contributed by atoms with Crippen LogP contribution in [0.5, 0.6) is 0 Å². The standard InChI is InChI=1S/C8H18O2.C7H14O2/c1-7(2,3)9-10-8(4,5)6;1-3-4-5-6(2)7(8)9/h1-6H3;6H,3-5H2,1-2H3,(H,8,9). The topological polar surface area (TPSA) is 55.8 Å². The van der Waals surface area contributed by atoms with Crippen molar-refractivity contribution in [3.63, 3.8) is 0 Å². The van der Waals surface area contributed by atoms with Gasteiger partial charge in [-0.1, -0.05) is 26.7 Å². The average Bonchev–Trinajstić information content (AvgIpc) is 2.22. The van der Waals surface area contributed by atoms with Crippen molar-refractivity contribution in [3.05, 3.63) is 0 Å². The van der Waals surface area contributed by atoms with E-state index in [1.165, 1.54) is 0 Å². The van der Waals surface area contributed by atoms with Crippen molar-refractivity contribution >= 4 is 5.97 Å². The van der Waals surface area contributed by atoms with Crippen LogP contribution in [0.1, 0.15) is 74.7 Å². The van der Waals surface area contributed by atoms with Crippen molar-refractivity contribution < 1.29 is 19.7 Å². The molecule has 0 aromatic rings. The molecule has 19 heavy (non-hydrogen) atoms. The second-order valence-corrected chi connectivity index (χ2v) is 6.77. The van der Waals surface area contributed by atoms with E-state index >= 15 is 0 Å². The molecule has 0 rings (SSSR count). The second kappa shape index (κ2) is 9.32. The van der Waals surface area contributed by atoms with Gasteiger partial charge in [0.05, 0.1) is 17.1 Å². The summed E-state index contributed by atoms with van der Waals surface area (Å²) >= 11 is 0. The fourth-order valence-corrected chi connectivity index (χ4v) is 0.884. The molecule has 0 fully saturated rings. The molecule has 0 bridgehead atoms. The van der Waals surface area contributed by atoms with E-state index in [0.29, 0.717) is 0 Å². The summed E-state index contributed by atoms with van der Waals surface area (Å²) in [6, 6.07) is 0. The molecule has 0 aromatic carbocycles. The summed E-state index contributed by atoms with van der Waals surface area (Å²) in [4.78, 5) is 20.4. The third kappa shape index (κ3) is 19.9. The summed E-state index contributed by atoms with van der Waals surface area (Å²) in [7, 11) is 0. The lowest BCUT2D eigenvalue weighted by molar-refractivity contribution is -0.393. The first-order chi connectivity index (χ1) is 8.39. The zero-order valence-electron chi connectivity index (χ0n) is 13.9. The number of aliphatic carboxylic acids is 1. The highest BCUT2D eigenvalue weighted by atomic mass is 17.2. The quantitative estimate of drug-likeness (QED) is 0.596. The smallest absolute Gasteiger partial charge is 0.306 e. The summed E-state index contributed by atoms with van der Waals surface area (Å²) in [5, 5.41) is 8.41. The van der Waals surface area contributed by atoms with Crippen LogP contribution in [0.25, 0.3) is 0 Å². The van der Waals surface area contributed by atoms with E-state index in [1.54, 1.807) is 6.92 Å². The molecule has 4 heteroatoms.